The Labute approximate surface area is 123 Å². The average Bonchev–Trinajstić information content (AvgIpc) is 2.45. The lowest BCUT2D eigenvalue weighted by Gasteiger charge is -2.20. The van der Waals surface area contributed by atoms with E-state index < -0.39 is 11.6 Å². The summed E-state index contributed by atoms with van der Waals surface area (Å²) >= 11 is 0. The van der Waals surface area contributed by atoms with Crippen molar-refractivity contribution < 1.29 is 15.0 Å². The van der Waals surface area contributed by atoms with Gasteiger partial charge in [-0.15, -0.1) is 0 Å². The second-order valence-electron chi connectivity index (χ2n) is 5.36. The molecule has 0 fully saturated rings. The summed E-state index contributed by atoms with van der Waals surface area (Å²) in [6.45, 7) is 3.29. The number of rotatable bonds is 6. The number of benzene rings is 1. The number of carboxylic acid groups (broad SMARTS) is 1. The van der Waals surface area contributed by atoms with Crippen molar-refractivity contribution in [2.24, 2.45) is 0 Å². The number of fused-ring (bicyclic) bond motifs is 1. The Bertz CT molecular complexity index is 653. The van der Waals surface area contributed by atoms with Crippen LogP contribution in [0.25, 0.3) is 10.9 Å². The molecule has 1 heterocycles. The van der Waals surface area contributed by atoms with E-state index in [2.05, 4.69) is 17.2 Å². The molecule has 1 unspecified atom stereocenters. The molecule has 0 aliphatic rings. The number of pyridine rings is 1. The van der Waals surface area contributed by atoms with Crippen LogP contribution in [0.15, 0.2) is 30.3 Å². The number of carbonyl (C=O) groups is 1. The summed E-state index contributed by atoms with van der Waals surface area (Å²) in [5.41, 5.74) is 0.801. The molecule has 1 aromatic heterocycles. The molecule has 0 spiro atoms. The Morgan fingerprint density at radius 3 is 2.76 bits per heavy atom. The zero-order chi connectivity index (χ0) is 15.5. The number of nitrogens with zero attached hydrogens (tertiary/aromatic N) is 1. The van der Waals surface area contributed by atoms with Gasteiger partial charge in [0, 0.05) is 16.8 Å². The normalized spacial score (nSPS) is 13.9. The van der Waals surface area contributed by atoms with Crippen LogP contribution < -0.4 is 5.32 Å². The molecular weight excluding hydrogens is 268 g/mol. The molecule has 0 aliphatic heterocycles. The first-order valence-corrected chi connectivity index (χ1v) is 7.02. The second kappa shape index (κ2) is 6.10. The van der Waals surface area contributed by atoms with Gasteiger partial charge in [0.15, 0.2) is 5.60 Å². The number of aliphatic carboxylic acids is 1. The van der Waals surface area contributed by atoms with Crippen molar-refractivity contribution in [1.29, 1.82) is 0 Å². The molecule has 2 rings (SSSR count). The van der Waals surface area contributed by atoms with Gasteiger partial charge < -0.3 is 15.5 Å². The van der Waals surface area contributed by atoms with E-state index in [4.69, 9.17) is 5.11 Å². The average molecular weight is 288 g/mol. The van der Waals surface area contributed by atoms with E-state index in [0.717, 1.165) is 35.1 Å². The maximum absolute atomic E-state index is 11.0. The summed E-state index contributed by atoms with van der Waals surface area (Å²) in [6.07, 6.45) is 1.84. The van der Waals surface area contributed by atoms with Gasteiger partial charge >= 0.3 is 5.97 Å². The van der Waals surface area contributed by atoms with Crippen molar-refractivity contribution >= 4 is 22.6 Å². The van der Waals surface area contributed by atoms with E-state index in [1.54, 1.807) is 0 Å². The molecule has 5 nitrogen and oxygen atoms in total. The molecule has 5 heteroatoms. The van der Waals surface area contributed by atoms with Crippen LogP contribution in [-0.4, -0.2) is 33.3 Å². The highest BCUT2D eigenvalue weighted by Gasteiger charge is 2.29. The van der Waals surface area contributed by atoms with E-state index in [0.29, 0.717) is 0 Å². The van der Waals surface area contributed by atoms with Crippen LogP contribution in [0.5, 0.6) is 0 Å². The lowest BCUT2D eigenvalue weighted by atomic mass is 10.1. The topological polar surface area (TPSA) is 82.5 Å². The molecule has 0 aliphatic carbocycles. The third kappa shape index (κ3) is 3.49. The fourth-order valence-electron chi connectivity index (χ4n) is 2.10. The van der Waals surface area contributed by atoms with Crippen LogP contribution >= 0.6 is 0 Å². The Balaban J connectivity index is 2.35. The number of nitrogens with one attached hydrogen (secondary N) is 1. The Hall–Kier alpha value is -2.14. The first-order valence-electron chi connectivity index (χ1n) is 7.02. The Kier molecular flexibility index (Phi) is 4.43. The standard InChI is InChI=1S/C16H20N2O3/c1-3-6-11-9-14(17-10-16(2,21)15(19)20)12-7-4-5-8-13(12)18-11/h4-5,7-9,21H,3,6,10H2,1-2H3,(H,17,18)(H,19,20). The van der Waals surface area contributed by atoms with Gasteiger partial charge in [-0.2, -0.15) is 0 Å². The van der Waals surface area contributed by atoms with E-state index in [9.17, 15) is 9.90 Å². The smallest absolute Gasteiger partial charge is 0.337 e. The maximum Gasteiger partial charge on any atom is 0.337 e. The zero-order valence-electron chi connectivity index (χ0n) is 12.3. The molecule has 0 saturated heterocycles. The third-order valence-corrected chi connectivity index (χ3v) is 3.36. The highest BCUT2D eigenvalue weighted by molar-refractivity contribution is 5.91. The van der Waals surface area contributed by atoms with Gasteiger partial charge in [-0.05, 0) is 25.5 Å². The SMILES string of the molecule is CCCc1cc(NCC(C)(O)C(=O)O)c2ccccc2n1. The van der Waals surface area contributed by atoms with Crippen molar-refractivity contribution in [1.82, 2.24) is 4.98 Å². The van der Waals surface area contributed by atoms with Crippen LogP contribution in [0, 0.1) is 0 Å². The molecule has 0 radical (unpaired) electrons. The van der Waals surface area contributed by atoms with Gasteiger partial charge in [-0.3, -0.25) is 4.98 Å². The van der Waals surface area contributed by atoms with Crippen molar-refractivity contribution in [3.8, 4) is 0 Å². The van der Waals surface area contributed by atoms with Gasteiger partial charge in [0.1, 0.15) is 0 Å². The summed E-state index contributed by atoms with van der Waals surface area (Å²) in [4.78, 5) is 15.6. The van der Waals surface area contributed by atoms with Crippen molar-refractivity contribution in [2.75, 3.05) is 11.9 Å². The van der Waals surface area contributed by atoms with Crippen LogP contribution in [-0.2, 0) is 11.2 Å². The van der Waals surface area contributed by atoms with Gasteiger partial charge in [-0.25, -0.2) is 4.79 Å². The van der Waals surface area contributed by atoms with Crippen LogP contribution in [0.1, 0.15) is 26.0 Å². The van der Waals surface area contributed by atoms with E-state index in [1.165, 1.54) is 6.92 Å². The molecule has 3 N–H and O–H groups in total. The number of anilines is 1. The number of aliphatic hydroxyl groups is 1. The molecule has 0 saturated carbocycles. The number of aromatic nitrogens is 1. The largest absolute Gasteiger partial charge is 0.479 e. The van der Waals surface area contributed by atoms with Gasteiger partial charge in [-0.1, -0.05) is 31.5 Å². The summed E-state index contributed by atoms with van der Waals surface area (Å²) in [7, 11) is 0. The fraction of sp³-hybridized carbons (Fsp3) is 0.375. The van der Waals surface area contributed by atoms with Crippen LogP contribution in [0.4, 0.5) is 5.69 Å². The Morgan fingerprint density at radius 2 is 2.10 bits per heavy atom. The first kappa shape index (κ1) is 15.3. The zero-order valence-corrected chi connectivity index (χ0v) is 12.3. The van der Waals surface area contributed by atoms with Gasteiger partial charge in [0.05, 0.1) is 12.1 Å². The number of para-hydroxylation sites is 1. The lowest BCUT2D eigenvalue weighted by molar-refractivity contribution is -0.155. The predicted octanol–water partition coefficient (Wildman–Crippen LogP) is 2.43. The summed E-state index contributed by atoms with van der Waals surface area (Å²) in [5.74, 6) is -1.25. The summed E-state index contributed by atoms with van der Waals surface area (Å²) in [6, 6.07) is 9.60. The number of carboxylic acids is 1. The summed E-state index contributed by atoms with van der Waals surface area (Å²) < 4.78 is 0. The van der Waals surface area contributed by atoms with E-state index >= 15 is 0 Å². The molecule has 1 aromatic carbocycles. The Morgan fingerprint density at radius 1 is 1.38 bits per heavy atom. The van der Waals surface area contributed by atoms with E-state index in [1.807, 2.05) is 30.3 Å². The monoisotopic (exact) mass is 288 g/mol. The van der Waals surface area contributed by atoms with Crippen LogP contribution in [0.2, 0.25) is 0 Å². The minimum Gasteiger partial charge on any atom is -0.479 e. The minimum absolute atomic E-state index is 0.0676. The fourth-order valence-corrected chi connectivity index (χ4v) is 2.10. The number of aryl methyl sites for hydroxylation is 1. The molecule has 0 amide bonds. The van der Waals surface area contributed by atoms with Gasteiger partial charge in [0.25, 0.3) is 0 Å². The first-order chi connectivity index (χ1) is 9.94. The van der Waals surface area contributed by atoms with Crippen molar-refractivity contribution in [3.05, 3.63) is 36.0 Å². The quantitative estimate of drug-likeness (QED) is 0.760. The third-order valence-electron chi connectivity index (χ3n) is 3.36. The van der Waals surface area contributed by atoms with Crippen molar-refractivity contribution in [2.45, 2.75) is 32.3 Å². The second-order valence-corrected chi connectivity index (χ2v) is 5.36. The lowest BCUT2D eigenvalue weighted by Crippen LogP contribution is -2.41. The minimum atomic E-state index is -1.81. The molecule has 21 heavy (non-hydrogen) atoms. The molecular formula is C16H20N2O3. The number of hydrogen-bond acceptors (Lipinski definition) is 4. The highest BCUT2D eigenvalue weighted by Crippen LogP contribution is 2.24. The highest BCUT2D eigenvalue weighted by atomic mass is 16.4. The molecule has 1 atom stereocenters. The molecule has 112 valence electrons. The van der Waals surface area contributed by atoms with E-state index in [-0.39, 0.29) is 6.54 Å². The van der Waals surface area contributed by atoms with Gasteiger partial charge in [0.2, 0.25) is 0 Å². The van der Waals surface area contributed by atoms with Crippen LogP contribution in [0.3, 0.4) is 0 Å². The maximum atomic E-state index is 11.0. The summed E-state index contributed by atoms with van der Waals surface area (Å²) in [5, 5.41) is 22.7. The number of hydrogen-bond donors (Lipinski definition) is 3. The predicted molar refractivity (Wildman–Crippen MR) is 82.5 cm³/mol. The molecule has 2 aromatic rings. The molecule has 0 bridgehead atoms. The van der Waals surface area contributed by atoms with Crippen molar-refractivity contribution in [3.63, 3.8) is 0 Å².